The van der Waals surface area contributed by atoms with Gasteiger partial charge >= 0.3 is 0 Å². The number of piperidine rings is 1. The number of primary amides is 1. The minimum Gasteiger partial charge on any atom is -0.363 e. The maximum atomic E-state index is 14.4. The minimum absolute atomic E-state index is 0.00312. The largest absolute Gasteiger partial charge is 0.363 e. The normalized spacial score (nSPS) is 27.2. The molecule has 5 atom stereocenters. The Balaban J connectivity index is 1.54. The van der Waals surface area contributed by atoms with Gasteiger partial charge in [0, 0.05) is 43.4 Å². The number of amides is 2. The second-order valence-corrected chi connectivity index (χ2v) is 18.9. The summed E-state index contributed by atoms with van der Waals surface area (Å²) in [7, 11) is -3.28. The Bertz CT molecular complexity index is 1290. The Labute approximate surface area is 270 Å². The lowest BCUT2D eigenvalue weighted by Crippen LogP contribution is -2.51. The van der Waals surface area contributed by atoms with Gasteiger partial charge in [-0.1, -0.05) is 80.1 Å². The number of carbonyl (C=O) groups is 5. The van der Waals surface area contributed by atoms with Gasteiger partial charge in [-0.25, -0.2) is 8.42 Å². The second kappa shape index (κ2) is 13.2. The topological polar surface area (TPSA) is 149 Å². The molecule has 0 aromatic carbocycles. The first kappa shape index (κ1) is 35.7. The molecule has 9 nitrogen and oxygen atoms in total. The van der Waals surface area contributed by atoms with Crippen molar-refractivity contribution in [2.24, 2.45) is 51.6 Å². The van der Waals surface area contributed by atoms with E-state index in [0.717, 1.165) is 38.5 Å². The SMILES string of the molecule is CCS(=O)(=O)CC1(CC(=O)C[C@H](C(=O)N2CC3[C@@H]([C@H]2C(=O)CC(CC2CCC2)C(=O)C(N)=O)C3(C)C)C(C)(C)C)CCCCC1. The number of hydrogen-bond donors (Lipinski definition) is 1. The Hall–Kier alpha value is -2.10. The van der Waals surface area contributed by atoms with Crippen molar-refractivity contribution in [2.45, 2.75) is 125 Å². The molecule has 10 heteroatoms. The van der Waals surface area contributed by atoms with Gasteiger partial charge in [0.15, 0.2) is 15.6 Å². The molecule has 254 valence electrons. The monoisotopic (exact) mass is 648 g/mol. The molecular weight excluding hydrogens is 592 g/mol. The maximum absolute atomic E-state index is 14.4. The molecular formula is C35H56N2O7S. The van der Waals surface area contributed by atoms with Crippen molar-refractivity contribution in [3.63, 3.8) is 0 Å². The van der Waals surface area contributed by atoms with Crippen LogP contribution in [0, 0.1) is 45.8 Å². The van der Waals surface area contributed by atoms with Crippen LogP contribution < -0.4 is 5.73 Å². The predicted octanol–water partition coefficient (Wildman–Crippen LogP) is 4.69. The Morgan fingerprint density at radius 3 is 2.09 bits per heavy atom. The van der Waals surface area contributed by atoms with E-state index in [4.69, 9.17) is 5.73 Å². The maximum Gasteiger partial charge on any atom is 0.285 e. The molecule has 2 unspecified atom stereocenters. The highest BCUT2D eigenvalue weighted by Crippen LogP contribution is 2.65. The van der Waals surface area contributed by atoms with Gasteiger partial charge in [-0.3, -0.25) is 24.0 Å². The fraction of sp³-hybridized carbons (Fsp3) is 0.857. The number of carbonyl (C=O) groups excluding carboxylic acids is 5. The number of likely N-dealkylation sites (tertiary alicyclic amines) is 1. The molecule has 1 heterocycles. The second-order valence-electron chi connectivity index (χ2n) is 16.6. The average molecular weight is 649 g/mol. The van der Waals surface area contributed by atoms with Crippen molar-refractivity contribution in [1.29, 1.82) is 0 Å². The molecule has 1 aliphatic heterocycles. The molecule has 2 N–H and O–H groups in total. The molecule has 3 saturated carbocycles. The van der Waals surface area contributed by atoms with Gasteiger partial charge in [0.05, 0.1) is 11.8 Å². The summed E-state index contributed by atoms with van der Waals surface area (Å²) in [5.74, 6) is -3.26. The summed E-state index contributed by atoms with van der Waals surface area (Å²) >= 11 is 0. The molecule has 0 bridgehead atoms. The lowest BCUT2D eigenvalue weighted by molar-refractivity contribution is -0.148. The number of nitrogens with zero attached hydrogens (tertiary/aromatic N) is 1. The van der Waals surface area contributed by atoms with E-state index in [1.165, 1.54) is 0 Å². The zero-order valence-electron chi connectivity index (χ0n) is 28.4. The number of rotatable bonds is 15. The van der Waals surface area contributed by atoms with Crippen LogP contribution in [0.5, 0.6) is 0 Å². The van der Waals surface area contributed by atoms with Crippen LogP contribution in [0.3, 0.4) is 0 Å². The average Bonchev–Trinajstić information content (AvgIpc) is 3.24. The molecule has 4 fully saturated rings. The van der Waals surface area contributed by atoms with Gasteiger partial charge in [0.2, 0.25) is 11.7 Å². The van der Waals surface area contributed by atoms with Crippen molar-refractivity contribution >= 4 is 39.0 Å². The Kier molecular flexibility index (Phi) is 10.5. The van der Waals surface area contributed by atoms with Crippen molar-refractivity contribution in [2.75, 3.05) is 18.1 Å². The zero-order chi connectivity index (χ0) is 33.5. The summed E-state index contributed by atoms with van der Waals surface area (Å²) in [4.78, 5) is 68.5. The highest BCUT2D eigenvalue weighted by atomic mass is 32.2. The van der Waals surface area contributed by atoms with E-state index in [2.05, 4.69) is 13.8 Å². The molecule has 0 radical (unpaired) electrons. The number of fused-ring (bicyclic) bond motifs is 1. The number of hydrogen-bond acceptors (Lipinski definition) is 7. The molecule has 45 heavy (non-hydrogen) atoms. The van der Waals surface area contributed by atoms with Gasteiger partial charge in [0.1, 0.15) is 5.78 Å². The fourth-order valence-electron chi connectivity index (χ4n) is 8.79. The first-order valence-corrected chi connectivity index (χ1v) is 19.0. The molecule has 4 aliphatic rings. The first-order chi connectivity index (χ1) is 20.8. The van der Waals surface area contributed by atoms with E-state index >= 15 is 0 Å². The van der Waals surface area contributed by atoms with Gasteiger partial charge in [-0.15, -0.1) is 0 Å². The van der Waals surface area contributed by atoms with Crippen molar-refractivity contribution < 1.29 is 32.4 Å². The van der Waals surface area contributed by atoms with E-state index in [1.54, 1.807) is 11.8 Å². The van der Waals surface area contributed by atoms with Crippen LogP contribution in [0.4, 0.5) is 0 Å². The van der Waals surface area contributed by atoms with E-state index in [0.29, 0.717) is 31.7 Å². The van der Waals surface area contributed by atoms with E-state index in [-0.39, 0.29) is 65.5 Å². The van der Waals surface area contributed by atoms with Crippen LogP contribution in [0.1, 0.15) is 119 Å². The highest BCUT2D eigenvalue weighted by molar-refractivity contribution is 7.91. The summed E-state index contributed by atoms with van der Waals surface area (Å²) in [5.41, 5.74) is 4.09. The van der Waals surface area contributed by atoms with Crippen molar-refractivity contribution in [3.8, 4) is 0 Å². The van der Waals surface area contributed by atoms with Crippen LogP contribution in [0.25, 0.3) is 0 Å². The number of ketones is 3. The highest BCUT2D eigenvalue weighted by Gasteiger charge is 2.69. The first-order valence-electron chi connectivity index (χ1n) is 17.2. The third kappa shape index (κ3) is 7.90. The molecule has 4 rings (SSSR count). The minimum atomic E-state index is -3.28. The Morgan fingerprint density at radius 2 is 1.58 bits per heavy atom. The van der Waals surface area contributed by atoms with Crippen LogP contribution in [-0.2, 0) is 33.8 Å². The van der Waals surface area contributed by atoms with Crippen LogP contribution in [-0.4, -0.2) is 66.6 Å². The summed E-state index contributed by atoms with van der Waals surface area (Å²) < 4.78 is 25.4. The summed E-state index contributed by atoms with van der Waals surface area (Å²) in [6.07, 6.45) is 7.70. The number of nitrogens with two attached hydrogens (primary N) is 1. The molecule has 0 aromatic rings. The van der Waals surface area contributed by atoms with Crippen LogP contribution in [0.2, 0.25) is 0 Å². The van der Waals surface area contributed by atoms with E-state index in [9.17, 15) is 32.4 Å². The van der Waals surface area contributed by atoms with Gasteiger partial charge in [0.25, 0.3) is 5.91 Å². The summed E-state index contributed by atoms with van der Waals surface area (Å²) in [6.45, 7) is 12.0. The fourth-order valence-corrected chi connectivity index (χ4v) is 10.3. The van der Waals surface area contributed by atoms with Gasteiger partial charge in [-0.2, -0.15) is 0 Å². The summed E-state index contributed by atoms with van der Waals surface area (Å²) in [5, 5.41) is 0. The van der Waals surface area contributed by atoms with Gasteiger partial charge in [-0.05, 0) is 53.3 Å². The molecule has 1 saturated heterocycles. The molecule has 2 amide bonds. The molecule has 0 aromatic heterocycles. The lowest BCUT2D eigenvalue weighted by Gasteiger charge is -2.39. The van der Waals surface area contributed by atoms with Gasteiger partial charge < -0.3 is 10.6 Å². The van der Waals surface area contributed by atoms with Crippen molar-refractivity contribution in [3.05, 3.63) is 0 Å². The molecule has 3 aliphatic carbocycles. The smallest absolute Gasteiger partial charge is 0.285 e. The van der Waals surface area contributed by atoms with Crippen LogP contribution in [0.15, 0.2) is 0 Å². The zero-order valence-corrected chi connectivity index (χ0v) is 29.2. The lowest BCUT2D eigenvalue weighted by atomic mass is 9.70. The van der Waals surface area contributed by atoms with Crippen LogP contribution >= 0.6 is 0 Å². The quantitative estimate of drug-likeness (QED) is 0.253. The Morgan fingerprint density at radius 1 is 0.956 bits per heavy atom. The molecule has 0 spiro atoms. The van der Waals surface area contributed by atoms with Crippen molar-refractivity contribution in [1.82, 2.24) is 4.90 Å². The van der Waals surface area contributed by atoms with E-state index < -0.39 is 50.2 Å². The third-order valence-electron chi connectivity index (χ3n) is 12.0. The third-order valence-corrected chi connectivity index (χ3v) is 13.9. The summed E-state index contributed by atoms with van der Waals surface area (Å²) in [6, 6.07) is -0.707. The number of sulfone groups is 1. The van der Waals surface area contributed by atoms with E-state index in [1.807, 2.05) is 20.8 Å². The predicted molar refractivity (Wildman–Crippen MR) is 173 cm³/mol. The number of Topliss-reactive ketones (excluding diaryl/α,β-unsaturated/α-hetero) is 3. The standard InChI is InChI=1S/C35H56N2O7S/c1-7-45(43,44)21-35(14-9-8-10-15-35)19-24(38)18-25(33(2,3)4)32(42)37-20-26-28(34(26,5)6)29(37)27(39)17-23(30(40)31(36)41)16-22-12-11-13-22/h22-23,25-26,28-29H,7-21H2,1-6H3,(H2,36,41)/t23?,25-,26?,28+,29-/m1/s1.